The van der Waals surface area contributed by atoms with Gasteiger partial charge in [-0.25, -0.2) is 13.8 Å². The molecule has 3 rings (SSSR count). The molecule has 0 fully saturated rings. The Kier molecular flexibility index (Phi) is 9.34. The molecule has 2 N–H and O–H groups in total. The normalized spacial score (nSPS) is 12.5. The number of carbonyl (C=O) groups is 1. The van der Waals surface area contributed by atoms with E-state index in [9.17, 15) is 13.6 Å². The van der Waals surface area contributed by atoms with Crippen LogP contribution in [-0.2, 0) is 28.0 Å². The van der Waals surface area contributed by atoms with E-state index in [1.807, 2.05) is 42.8 Å². The molecule has 0 radical (unpaired) electrons. The average molecular weight is 499 g/mol. The van der Waals surface area contributed by atoms with Crippen molar-refractivity contribution in [2.45, 2.75) is 51.7 Å². The van der Waals surface area contributed by atoms with Crippen LogP contribution in [0.15, 0.2) is 54.7 Å². The molecule has 1 unspecified atom stereocenters. The van der Waals surface area contributed by atoms with Crippen molar-refractivity contribution in [3.63, 3.8) is 0 Å². The molecule has 1 aromatic heterocycles. The Morgan fingerprint density at radius 3 is 2.58 bits per heavy atom. The third-order valence-corrected chi connectivity index (χ3v) is 6.36. The van der Waals surface area contributed by atoms with Gasteiger partial charge in [-0.3, -0.25) is 4.79 Å². The first-order valence-electron chi connectivity index (χ1n) is 12.2. The van der Waals surface area contributed by atoms with Crippen LogP contribution >= 0.6 is 0 Å². The molecular formula is C28H36F2N4O2. The van der Waals surface area contributed by atoms with Crippen LogP contribution in [0.3, 0.4) is 0 Å². The van der Waals surface area contributed by atoms with Crippen LogP contribution in [0.25, 0.3) is 11.3 Å². The number of hydrogen-bond donors (Lipinski definition) is 1. The molecule has 1 atom stereocenters. The number of nitrogens with zero attached hydrogens (tertiary/aromatic N) is 3. The Bertz CT molecular complexity index is 1160. The van der Waals surface area contributed by atoms with Gasteiger partial charge in [0.25, 0.3) is 0 Å². The number of hydrogen-bond acceptors (Lipinski definition) is 4. The minimum atomic E-state index is -0.889. The van der Waals surface area contributed by atoms with Gasteiger partial charge in [0, 0.05) is 38.0 Å². The highest BCUT2D eigenvalue weighted by Crippen LogP contribution is 2.32. The van der Waals surface area contributed by atoms with E-state index in [0.29, 0.717) is 18.8 Å². The molecule has 1 amide bonds. The van der Waals surface area contributed by atoms with Gasteiger partial charge in [-0.2, -0.15) is 0 Å². The minimum Gasteiger partial charge on any atom is -0.375 e. The molecule has 3 aromatic rings. The maximum Gasteiger partial charge on any atom is 0.249 e. The van der Waals surface area contributed by atoms with Crippen molar-refractivity contribution < 1.29 is 18.3 Å². The Morgan fingerprint density at radius 2 is 1.92 bits per heavy atom. The third kappa shape index (κ3) is 6.56. The second kappa shape index (κ2) is 12.2. The van der Waals surface area contributed by atoms with E-state index in [2.05, 4.69) is 19.1 Å². The lowest BCUT2D eigenvalue weighted by Crippen LogP contribution is -2.50. The maximum absolute atomic E-state index is 14.0. The van der Waals surface area contributed by atoms with Crippen LogP contribution in [0.1, 0.15) is 44.1 Å². The fourth-order valence-corrected chi connectivity index (χ4v) is 4.36. The van der Waals surface area contributed by atoms with Gasteiger partial charge in [-0.15, -0.1) is 0 Å². The van der Waals surface area contributed by atoms with E-state index in [1.165, 1.54) is 24.8 Å². The Balaban J connectivity index is 2.10. The largest absolute Gasteiger partial charge is 0.375 e. The number of methoxy groups -OCH3 is 1. The lowest BCUT2D eigenvalue weighted by molar-refractivity contribution is -0.141. The zero-order chi connectivity index (χ0) is 26.3. The van der Waals surface area contributed by atoms with Crippen molar-refractivity contribution in [2.75, 3.05) is 26.9 Å². The van der Waals surface area contributed by atoms with E-state index in [1.54, 1.807) is 11.0 Å². The number of ether oxygens (including phenoxy) is 1. The van der Waals surface area contributed by atoms with Gasteiger partial charge >= 0.3 is 0 Å². The van der Waals surface area contributed by atoms with Crippen LogP contribution < -0.4 is 5.73 Å². The first-order valence-corrected chi connectivity index (χ1v) is 12.2. The summed E-state index contributed by atoms with van der Waals surface area (Å²) in [5.41, 5.74) is 8.61. The topological polar surface area (TPSA) is 73.4 Å². The summed E-state index contributed by atoms with van der Waals surface area (Å²) in [6.07, 6.45) is 3.12. The zero-order valence-electron chi connectivity index (χ0n) is 21.5. The number of amides is 1. The number of carbonyl (C=O) groups excluding carboxylic acids is 1. The van der Waals surface area contributed by atoms with Crippen molar-refractivity contribution in [3.05, 3.63) is 77.5 Å². The van der Waals surface area contributed by atoms with Crippen molar-refractivity contribution >= 4 is 5.91 Å². The predicted octanol–water partition coefficient (Wildman–Crippen LogP) is 4.70. The number of alkyl halides is 1. The number of benzene rings is 2. The summed E-state index contributed by atoms with van der Waals surface area (Å²) in [6, 6.07) is 13.9. The van der Waals surface area contributed by atoms with Gasteiger partial charge in [0.2, 0.25) is 5.91 Å². The number of aromatic nitrogens is 2. The highest BCUT2D eigenvalue weighted by atomic mass is 19.1. The predicted molar refractivity (Wildman–Crippen MR) is 138 cm³/mol. The van der Waals surface area contributed by atoms with Crippen molar-refractivity contribution in [1.29, 1.82) is 0 Å². The van der Waals surface area contributed by atoms with Crippen LogP contribution in [0, 0.1) is 5.82 Å². The first kappa shape index (κ1) is 27.5. The van der Waals surface area contributed by atoms with E-state index >= 15 is 0 Å². The molecule has 0 aliphatic rings. The summed E-state index contributed by atoms with van der Waals surface area (Å²) < 4.78 is 34.1. The third-order valence-electron chi connectivity index (χ3n) is 6.36. The summed E-state index contributed by atoms with van der Waals surface area (Å²) in [5.74, 6) is 0.0618. The summed E-state index contributed by atoms with van der Waals surface area (Å²) in [5, 5.41) is 0. The van der Waals surface area contributed by atoms with Crippen LogP contribution in [0.2, 0.25) is 0 Å². The highest BCUT2D eigenvalue weighted by Gasteiger charge is 2.37. The fourth-order valence-electron chi connectivity index (χ4n) is 4.36. The SMILES string of the molecule is CCc1cccc(-c2cn(Cc3cccc(F)c3)c(C(C)(C)N(CCC(N)CF)C(=O)COC)n2)c1. The lowest BCUT2D eigenvalue weighted by atomic mass is 9.99. The van der Waals surface area contributed by atoms with Gasteiger partial charge in [0.1, 0.15) is 24.9 Å². The molecular weight excluding hydrogens is 462 g/mol. The second-order valence-corrected chi connectivity index (χ2v) is 9.50. The molecule has 6 nitrogen and oxygen atoms in total. The lowest BCUT2D eigenvalue weighted by Gasteiger charge is -2.39. The van der Waals surface area contributed by atoms with Gasteiger partial charge in [-0.1, -0.05) is 37.3 Å². The first-order chi connectivity index (χ1) is 17.2. The van der Waals surface area contributed by atoms with E-state index in [4.69, 9.17) is 15.5 Å². The van der Waals surface area contributed by atoms with Gasteiger partial charge in [-0.05, 0) is 56.0 Å². The molecule has 2 aromatic carbocycles. The molecule has 36 heavy (non-hydrogen) atoms. The average Bonchev–Trinajstić information content (AvgIpc) is 3.28. The van der Waals surface area contributed by atoms with E-state index < -0.39 is 18.3 Å². The summed E-state index contributed by atoms with van der Waals surface area (Å²) in [6.45, 7) is 5.72. The standard InChI is InChI=1S/C28H36F2N4O2/c1-5-20-8-6-10-22(14-20)25-18-33(17-21-9-7-11-23(30)15-21)27(32-25)28(2,3)34(26(35)19-36-4)13-12-24(31)16-29/h6-11,14-15,18,24H,5,12-13,16-17,19,31H2,1-4H3. The molecule has 0 bridgehead atoms. The summed E-state index contributed by atoms with van der Waals surface area (Å²) >= 11 is 0. The van der Waals surface area contributed by atoms with E-state index in [-0.39, 0.29) is 24.9 Å². The number of nitrogens with two attached hydrogens (primary N) is 1. The van der Waals surface area contributed by atoms with Crippen molar-refractivity contribution in [3.8, 4) is 11.3 Å². The molecule has 8 heteroatoms. The molecule has 1 heterocycles. The molecule has 0 spiro atoms. The van der Waals surface area contributed by atoms with E-state index in [0.717, 1.165) is 23.2 Å². The highest BCUT2D eigenvalue weighted by molar-refractivity contribution is 5.78. The number of aryl methyl sites for hydroxylation is 1. The van der Waals surface area contributed by atoms with Crippen LogP contribution in [0.5, 0.6) is 0 Å². The van der Waals surface area contributed by atoms with Gasteiger partial charge in [0.05, 0.1) is 11.2 Å². The number of rotatable bonds is 12. The zero-order valence-corrected chi connectivity index (χ0v) is 21.5. The summed E-state index contributed by atoms with van der Waals surface area (Å²) in [4.78, 5) is 19.7. The van der Waals surface area contributed by atoms with Crippen LogP contribution in [0.4, 0.5) is 8.78 Å². The number of halogens is 2. The molecule has 0 aliphatic heterocycles. The smallest absolute Gasteiger partial charge is 0.249 e. The van der Waals surface area contributed by atoms with Crippen molar-refractivity contribution in [2.24, 2.45) is 5.73 Å². The van der Waals surface area contributed by atoms with Crippen molar-refractivity contribution in [1.82, 2.24) is 14.5 Å². The molecule has 0 saturated carbocycles. The molecule has 0 saturated heterocycles. The fraction of sp³-hybridized carbons (Fsp3) is 0.429. The van der Waals surface area contributed by atoms with Gasteiger partial charge < -0.3 is 19.9 Å². The molecule has 194 valence electrons. The number of imidazole rings is 1. The Morgan fingerprint density at radius 1 is 1.19 bits per heavy atom. The Hall–Kier alpha value is -3.10. The summed E-state index contributed by atoms with van der Waals surface area (Å²) in [7, 11) is 1.46. The monoisotopic (exact) mass is 498 g/mol. The Labute approximate surface area is 212 Å². The van der Waals surface area contributed by atoms with Gasteiger partial charge in [0.15, 0.2) is 0 Å². The second-order valence-electron chi connectivity index (χ2n) is 9.50. The minimum absolute atomic E-state index is 0.121. The molecule has 0 aliphatic carbocycles. The quantitative estimate of drug-likeness (QED) is 0.393. The van der Waals surface area contributed by atoms with Crippen LogP contribution in [-0.4, -0.2) is 53.3 Å². The maximum atomic E-state index is 14.0.